The van der Waals surface area contributed by atoms with Crippen molar-refractivity contribution in [2.45, 2.75) is 13.8 Å². The largest absolute Gasteiger partial charge is 0.378 e. The monoisotopic (exact) mass is 232 g/mol. The van der Waals surface area contributed by atoms with E-state index in [1.165, 1.54) is 0 Å². The molecule has 0 unspecified atom stereocenters. The Balaban J connectivity index is 2.12. The Labute approximate surface area is 100 Å². The van der Waals surface area contributed by atoms with E-state index in [0.717, 1.165) is 49.0 Å². The van der Waals surface area contributed by atoms with Gasteiger partial charge >= 0.3 is 0 Å². The number of hydrogen-bond acceptors (Lipinski definition) is 4. The maximum Gasteiger partial charge on any atom is 0.177 e. The quantitative estimate of drug-likeness (QED) is 0.740. The van der Waals surface area contributed by atoms with E-state index in [0.29, 0.717) is 0 Å². The molecule has 1 saturated heterocycles. The second-order valence-electron chi connectivity index (χ2n) is 4.42. The van der Waals surface area contributed by atoms with Crippen LogP contribution in [0.4, 0.5) is 5.69 Å². The van der Waals surface area contributed by atoms with Crippen molar-refractivity contribution >= 4 is 11.3 Å². The number of imidazole rings is 1. The summed E-state index contributed by atoms with van der Waals surface area (Å²) in [6.45, 7) is 7.42. The number of aryl methyl sites for hydroxylation is 2. The molecule has 0 aromatic carbocycles. The second-order valence-corrected chi connectivity index (χ2v) is 4.42. The van der Waals surface area contributed by atoms with Gasteiger partial charge in [0, 0.05) is 13.1 Å². The maximum absolute atomic E-state index is 5.38. The minimum atomic E-state index is 0.785. The van der Waals surface area contributed by atoms with Crippen LogP contribution in [0.5, 0.6) is 0 Å². The highest BCUT2D eigenvalue weighted by molar-refractivity contribution is 5.69. The Bertz CT molecular complexity index is 543. The molecule has 0 N–H and O–H groups in total. The van der Waals surface area contributed by atoms with Crippen LogP contribution in [0.25, 0.3) is 5.65 Å². The summed E-state index contributed by atoms with van der Waals surface area (Å²) in [6.07, 6.45) is 1.96. The summed E-state index contributed by atoms with van der Waals surface area (Å²) in [5.74, 6) is 0. The summed E-state index contributed by atoms with van der Waals surface area (Å²) in [4.78, 5) is 6.87. The van der Waals surface area contributed by atoms with E-state index < -0.39 is 0 Å². The second kappa shape index (κ2) is 4.00. The highest BCUT2D eigenvalue weighted by Gasteiger charge is 2.16. The Hall–Kier alpha value is -1.62. The van der Waals surface area contributed by atoms with Gasteiger partial charge in [-0.05, 0) is 19.9 Å². The molecule has 5 nitrogen and oxygen atoms in total. The first kappa shape index (κ1) is 10.5. The fraction of sp³-hybridized carbons (Fsp3) is 0.500. The third-order valence-electron chi connectivity index (χ3n) is 3.00. The van der Waals surface area contributed by atoms with Crippen LogP contribution in [0.2, 0.25) is 0 Å². The fourth-order valence-corrected chi connectivity index (χ4v) is 2.23. The first-order chi connectivity index (χ1) is 8.24. The maximum atomic E-state index is 5.38. The van der Waals surface area contributed by atoms with Crippen molar-refractivity contribution in [2.75, 3.05) is 31.2 Å². The molecule has 1 fully saturated rings. The minimum Gasteiger partial charge on any atom is -0.378 e. The van der Waals surface area contributed by atoms with Crippen LogP contribution in [0.3, 0.4) is 0 Å². The molecule has 3 heterocycles. The van der Waals surface area contributed by atoms with Gasteiger partial charge in [-0.3, -0.25) is 0 Å². The van der Waals surface area contributed by atoms with E-state index in [-0.39, 0.29) is 0 Å². The lowest BCUT2D eigenvalue weighted by Gasteiger charge is -2.29. The number of hydrogen-bond donors (Lipinski definition) is 0. The number of ether oxygens (including phenoxy) is 1. The van der Waals surface area contributed by atoms with Crippen molar-refractivity contribution in [3.8, 4) is 0 Å². The highest BCUT2D eigenvalue weighted by Crippen LogP contribution is 2.22. The van der Waals surface area contributed by atoms with E-state index in [9.17, 15) is 0 Å². The molecule has 2 aromatic heterocycles. The predicted molar refractivity (Wildman–Crippen MR) is 65.5 cm³/mol. The van der Waals surface area contributed by atoms with E-state index in [1.807, 2.05) is 24.6 Å². The number of aromatic nitrogens is 3. The van der Waals surface area contributed by atoms with Crippen LogP contribution in [0.1, 0.15) is 11.4 Å². The van der Waals surface area contributed by atoms with E-state index in [2.05, 4.69) is 21.0 Å². The molecule has 0 bridgehead atoms. The van der Waals surface area contributed by atoms with Crippen molar-refractivity contribution in [3.63, 3.8) is 0 Å². The van der Waals surface area contributed by atoms with Gasteiger partial charge in [-0.25, -0.2) is 9.50 Å². The first-order valence-electron chi connectivity index (χ1n) is 5.90. The average molecular weight is 232 g/mol. The van der Waals surface area contributed by atoms with Gasteiger partial charge in [-0.2, -0.15) is 5.10 Å². The topological polar surface area (TPSA) is 42.7 Å². The Morgan fingerprint density at radius 1 is 1.18 bits per heavy atom. The number of rotatable bonds is 1. The fourth-order valence-electron chi connectivity index (χ4n) is 2.23. The summed E-state index contributed by atoms with van der Waals surface area (Å²) < 4.78 is 7.25. The molecule has 0 aliphatic carbocycles. The van der Waals surface area contributed by atoms with Gasteiger partial charge in [-0.1, -0.05) is 0 Å². The summed E-state index contributed by atoms with van der Waals surface area (Å²) in [6, 6.07) is 2.10. The molecule has 90 valence electrons. The minimum absolute atomic E-state index is 0.785. The van der Waals surface area contributed by atoms with Gasteiger partial charge < -0.3 is 9.64 Å². The number of nitrogens with zero attached hydrogens (tertiary/aromatic N) is 4. The Morgan fingerprint density at radius 3 is 2.71 bits per heavy atom. The molecule has 3 rings (SSSR count). The lowest BCUT2D eigenvalue weighted by Crippen LogP contribution is -2.36. The molecular weight excluding hydrogens is 216 g/mol. The van der Waals surface area contributed by atoms with Crippen molar-refractivity contribution in [2.24, 2.45) is 0 Å². The predicted octanol–water partition coefficient (Wildman–Crippen LogP) is 1.18. The van der Waals surface area contributed by atoms with Crippen molar-refractivity contribution in [3.05, 3.63) is 23.7 Å². The van der Waals surface area contributed by atoms with Crippen LogP contribution in [-0.2, 0) is 4.74 Å². The van der Waals surface area contributed by atoms with Crippen molar-refractivity contribution < 1.29 is 4.74 Å². The summed E-state index contributed by atoms with van der Waals surface area (Å²) in [5.41, 5.74) is 4.11. The average Bonchev–Trinajstić information content (AvgIpc) is 2.69. The smallest absolute Gasteiger partial charge is 0.177 e. The summed E-state index contributed by atoms with van der Waals surface area (Å²) in [7, 11) is 0. The molecule has 0 spiro atoms. The SMILES string of the molecule is Cc1cn2nc(C)cc(N3CCOCC3)c2n1. The molecule has 0 radical (unpaired) electrons. The lowest BCUT2D eigenvalue weighted by molar-refractivity contribution is 0.123. The van der Waals surface area contributed by atoms with Crippen molar-refractivity contribution in [1.82, 2.24) is 14.6 Å². The van der Waals surface area contributed by atoms with Crippen molar-refractivity contribution in [1.29, 1.82) is 0 Å². The molecular formula is C12H16N4O. The van der Waals surface area contributed by atoms with Gasteiger partial charge in [0.05, 0.1) is 36.5 Å². The molecule has 0 saturated carbocycles. The summed E-state index contributed by atoms with van der Waals surface area (Å²) >= 11 is 0. The van der Waals surface area contributed by atoms with E-state index in [4.69, 9.17) is 4.74 Å². The highest BCUT2D eigenvalue weighted by atomic mass is 16.5. The zero-order chi connectivity index (χ0) is 11.8. The van der Waals surface area contributed by atoms with Gasteiger partial charge in [0.15, 0.2) is 5.65 Å². The third kappa shape index (κ3) is 1.86. The number of morpholine rings is 1. The number of anilines is 1. The molecule has 5 heteroatoms. The first-order valence-corrected chi connectivity index (χ1v) is 5.90. The van der Waals surface area contributed by atoms with Crippen LogP contribution in [-0.4, -0.2) is 40.9 Å². The zero-order valence-electron chi connectivity index (χ0n) is 10.2. The lowest BCUT2D eigenvalue weighted by atomic mass is 10.3. The Kier molecular flexibility index (Phi) is 2.48. The van der Waals surface area contributed by atoms with Gasteiger partial charge in [-0.15, -0.1) is 0 Å². The van der Waals surface area contributed by atoms with E-state index >= 15 is 0 Å². The third-order valence-corrected chi connectivity index (χ3v) is 3.00. The van der Waals surface area contributed by atoms with Gasteiger partial charge in [0.2, 0.25) is 0 Å². The molecule has 1 aliphatic heterocycles. The number of fused-ring (bicyclic) bond motifs is 1. The van der Waals surface area contributed by atoms with Crippen LogP contribution < -0.4 is 4.90 Å². The molecule has 17 heavy (non-hydrogen) atoms. The molecule has 2 aromatic rings. The normalized spacial score (nSPS) is 16.7. The molecule has 0 amide bonds. The summed E-state index contributed by atoms with van der Waals surface area (Å²) in [5, 5.41) is 4.45. The van der Waals surface area contributed by atoms with Crippen LogP contribution >= 0.6 is 0 Å². The molecule has 0 atom stereocenters. The van der Waals surface area contributed by atoms with Crippen LogP contribution in [0, 0.1) is 13.8 Å². The zero-order valence-corrected chi connectivity index (χ0v) is 10.2. The Morgan fingerprint density at radius 2 is 1.94 bits per heavy atom. The van der Waals surface area contributed by atoms with E-state index in [1.54, 1.807) is 0 Å². The van der Waals surface area contributed by atoms with Gasteiger partial charge in [0.1, 0.15) is 0 Å². The van der Waals surface area contributed by atoms with Gasteiger partial charge in [0.25, 0.3) is 0 Å². The standard InChI is InChI=1S/C12H16N4O/c1-9-7-11(15-3-5-17-6-4-15)12-13-10(2)8-16(12)14-9/h7-8H,3-6H2,1-2H3. The molecule has 1 aliphatic rings. The van der Waals surface area contributed by atoms with Crippen LogP contribution in [0.15, 0.2) is 12.3 Å².